The molecule has 0 aliphatic carbocycles. The van der Waals surface area contributed by atoms with Crippen molar-refractivity contribution >= 4 is 17.6 Å². The van der Waals surface area contributed by atoms with Crippen molar-refractivity contribution in [3.8, 4) is 0 Å². The number of hydrogen-bond donors (Lipinski definition) is 2. The van der Waals surface area contributed by atoms with E-state index in [2.05, 4.69) is 32.6 Å². The highest BCUT2D eigenvalue weighted by Crippen LogP contribution is 2.15. The van der Waals surface area contributed by atoms with Crippen molar-refractivity contribution in [2.24, 2.45) is 0 Å². The number of nitrogens with one attached hydrogen (secondary N) is 2. The Bertz CT molecular complexity index is 513. The lowest BCUT2D eigenvalue weighted by Gasteiger charge is -2.35. The zero-order valence-electron chi connectivity index (χ0n) is 13.9. The zero-order chi connectivity index (χ0) is 16.7. The fraction of sp³-hybridized carbons (Fsp3) is 0.529. The van der Waals surface area contributed by atoms with Gasteiger partial charge < -0.3 is 10.2 Å². The van der Waals surface area contributed by atoms with Gasteiger partial charge in [0.25, 0.3) is 0 Å². The van der Waals surface area contributed by atoms with Gasteiger partial charge in [-0.1, -0.05) is 25.1 Å². The Kier molecular flexibility index (Phi) is 6.40. The van der Waals surface area contributed by atoms with Crippen LogP contribution in [-0.2, 0) is 4.79 Å². The van der Waals surface area contributed by atoms with Crippen molar-refractivity contribution in [2.75, 3.05) is 37.6 Å². The minimum absolute atomic E-state index is 0.0669. The van der Waals surface area contributed by atoms with Crippen LogP contribution in [0.2, 0.25) is 0 Å². The predicted octanol–water partition coefficient (Wildman–Crippen LogP) is 1.43. The van der Waals surface area contributed by atoms with Crippen molar-refractivity contribution in [2.45, 2.75) is 26.3 Å². The first-order valence-electron chi connectivity index (χ1n) is 8.21. The summed E-state index contributed by atoms with van der Waals surface area (Å²) >= 11 is 0. The van der Waals surface area contributed by atoms with Crippen LogP contribution < -0.4 is 15.5 Å². The molecule has 0 radical (unpaired) electrons. The van der Waals surface area contributed by atoms with Crippen LogP contribution >= 0.6 is 0 Å². The molecule has 3 amide bonds. The summed E-state index contributed by atoms with van der Waals surface area (Å²) in [6.07, 6.45) is 0.836. The van der Waals surface area contributed by atoms with Crippen LogP contribution in [0.3, 0.4) is 0 Å². The highest BCUT2D eigenvalue weighted by Gasteiger charge is 2.20. The van der Waals surface area contributed by atoms with Crippen LogP contribution in [0.5, 0.6) is 0 Å². The summed E-state index contributed by atoms with van der Waals surface area (Å²) in [5.41, 5.74) is 1.21. The van der Waals surface area contributed by atoms with E-state index in [1.807, 2.05) is 32.0 Å². The van der Waals surface area contributed by atoms with Gasteiger partial charge in [-0.2, -0.15) is 0 Å². The van der Waals surface area contributed by atoms with E-state index in [1.165, 1.54) is 5.69 Å². The van der Waals surface area contributed by atoms with Crippen LogP contribution in [0, 0.1) is 0 Å². The standard InChI is InChI=1S/C17H26N4O2/c1-3-14(2)18-17(23)19-16(22)13-20-9-11-21(12-10-20)15-7-5-4-6-8-15/h4-8,14H,3,9-13H2,1-2H3,(H2,18,19,22,23). The zero-order valence-corrected chi connectivity index (χ0v) is 13.9. The van der Waals surface area contributed by atoms with Gasteiger partial charge in [0.1, 0.15) is 0 Å². The van der Waals surface area contributed by atoms with Crippen LogP contribution in [0.15, 0.2) is 30.3 Å². The van der Waals surface area contributed by atoms with Gasteiger partial charge in [0.2, 0.25) is 5.91 Å². The minimum atomic E-state index is -0.410. The van der Waals surface area contributed by atoms with Crippen LogP contribution in [-0.4, -0.2) is 55.6 Å². The highest BCUT2D eigenvalue weighted by atomic mass is 16.2. The molecule has 126 valence electrons. The van der Waals surface area contributed by atoms with Crippen molar-refractivity contribution in [3.05, 3.63) is 30.3 Å². The number of urea groups is 1. The van der Waals surface area contributed by atoms with E-state index >= 15 is 0 Å². The largest absolute Gasteiger partial charge is 0.369 e. The van der Waals surface area contributed by atoms with E-state index in [0.717, 1.165) is 32.6 Å². The first-order chi connectivity index (χ1) is 11.1. The van der Waals surface area contributed by atoms with Gasteiger partial charge >= 0.3 is 6.03 Å². The lowest BCUT2D eigenvalue weighted by molar-refractivity contribution is -0.121. The van der Waals surface area contributed by atoms with Crippen molar-refractivity contribution in [1.82, 2.24) is 15.5 Å². The monoisotopic (exact) mass is 318 g/mol. The number of para-hydroxylation sites is 1. The fourth-order valence-electron chi connectivity index (χ4n) is 2.53. The number of carbonyl (C=O) groups is 2. The van der Waals surface area contributed by atoms with Gasteiger partial charge in [-0.05, 0) is 25.5 Å². The Balaban J connectivity index is 1.71. The van der Waals surface area contributed by atoms with E-state index in [0.29, 0.717) is 0 Å². The molecule has 23 heavy (non-hydrogen) atoms. The Morgan fingerprint density at radius 1 is 1.13 bits per heavy atom. The smallest absolute Gasteiger partial charge is 0.321 e. The molecule has 2 rings (SSSR count). The van der Waals surface area contributed by atoms with E-state index in [4.69, 9.17) is 0 Å². The normalized spacial score (nSPS) is 16.7. The summed E-state index contributed by atoms with van der Waals surface area (Å²) in [7, 11) is 0. The molecule has 2 N–H and O–H groups in total. The second-order valence-corrected chi connectivity index (χ2v) is 5.93. The summed E-state index contributed by atoms with van der Waals surface area (Å²) < 4.78 is 0. The number of rotatable bonds is 5. The van der Waals surface area contributed by atoms with Gasteiger partial charge in [-0.3, -0.25) is 15.0 Å². The Morgan fingerprint density at radius 3 is 2.39 bits per heavy atom. The third-order valence-corrected chi connectivity index (χ3v) is 4.10. The molecule has 1 atom stereocenters. The second-order valence-electron chi connectivity index (χ2n) is 5.93. The molecule has 6 heteroatoms. The van der Waals surface area contributed by atoms with Crippen LogP contribution in [0.4, 0.5) is 10.5 Å². The predicted molar refractivity (Wildman–Crippen MR) is 91.5 cm³/mol. The molecule has 1 aliphatic rings. The molecule has 1 aromatic rings. The average Bonchev–Trinajstić information content (AvgIpc) is 2.56. The van der Waals surface area contributed by atoms with Gasteiger partial charge in [0.05, 0.1) is 6.54 Å². The first kappa shape index (κ1) is 17.3. The number of amides is 3. The number of anilines is 1. The highest BCUT2D eigenvalue weighted by molar-refractivity contribution is 5.95. The van der Waals surface area contributed by atoms with Gasteiger partial charge in [-0.25, -0.2) is 4.79 Å². The SMILES string of the molecule is CCC(C)NC(=O)NC(=O)CN1CCN(c2ccccc2)CC1. The maximum Gasteiger partial charge on any atom is 0.321 e. The molecule has 1 fully saturated rings. The molecular formula is C17H26N4O2. The quantitative estimate of drug-likeness (QED) is 0.862. The van der Waals surface area contributed by atoms with Gasteiger partial charge in [-0.15, -0.1) is 0 Å². The first-order valence-corrected chi connectivity index (χ1v) is 8.21. The van der Waals surface area contributed by atoms with Gasteiger partial charge in [0, 0.05) is 37.9 Å². The summed E-state index contributed by atoms with van der Waals surface area (Å²) in [5.74, 6) is -0.251. The van der Waals surface area contributed by atoms with Crippen molar-refractivity contribution in [1.29, 1.82) is 0 Å². The van der Waals surface area contributed by atoms with E-state index in [1.54, 1.807) is 0 Å². The lowest BCUT2D eigenvalue weighted by Crippen LogP contribution is -2.51. The molecule has 1 aliphatic heterocycles. The Morgan fingerprint density at radius 2 is 1.78 bits per heavy atom. The number of nitrogens with zero attached hydrogens (tertiary/aromatic N) is 2. The van der Waals surface area contributed by atoms with E-state index in [-0.39, 0.29) is 18.5 Å². The molecule has 1 heterocycles. The van der Waals surface area contributed by atoms with Crippen LogP contribution in [0.25, 0.3) is 0 Å². The van der Waals surface area contributed by atoms with Crippen molar-refractivity contribution in [3.63, 3.8) is 0 Å². The maximum absolute atomic E-state index is 11.9. The number of benzene rings is 1. The molecule has 0 spiro atoms. The Hall–Kier alpha value is -2.08. The van der Waals surface area contributed by atoms with Crippen LogP contribution in [0.1, 0.15) is 20.3 Å². The third-order valence-electron chi connectivity index (χ3n) is 4.10. The average molecular weight is 318 g/mol. The summed E-state index contributed by atoms with van der Waals surface area (Å²) in [6.45, 7) is 7.56. The molecule has 0 bridgehead atoms. The molecule has 0 aromatic heterocycles. The minimum Gasteiger partial charge on any atom is -0.369 e. The lowest BCUT2D eigenvalue weighted by atomic mass is 10.2. The molecule has 1 saturated heterocycles. The summed E-state index contributed by atoms with van der Waals surface area (Å²) in [6, 6.07) is 9.93. The number of hydrogen-bond acceptors (Lipinski definition) is 4. The van der Waals surface area contributed by atoms with Crippen molar-refractivity contribution < 1.29 is 9.59 Å². The van der Waals surface area contributed by atoms with E-state index < -0.39 is 6.03 Å². The molecule has 0 saturated carbocycles. The maximum atomic E-state index is 11.9. The topological polar surface area (TPSA) is 64.7 Å². The molecule has 1 aromatic carbocycles. The summed E-state index contributed by atoms with van der Waals surface area (Å²) in [4.78, 5) is 27.9. The van der Waals surface area contributed by atoms with E-state index in [9.17, 15) is 9.59 Å². The number of piperazine rings is 1. The summed E-state index contributed by atoms with van der Waals surface area (Å²) in [5, 5.41) is 5.12. The number of carbonyl (C=O) groups excluding carboxylic acids is 2. The fourth-order valence-corrected chi connectivity index (χ4v) is 2.53. The third kappa shape index (κ3) is 5.56. The number of imide groups is 1. The Labute approximate surface area is 137 Å². The molecule has 6 nitrogen and oxygen atoms in total. The molecule has 1 unspecified atom stereocenters. The van der Waals surface area contributed by atoms with Gasteiger partial charge in [0.15, 0.2) is 0 Å². The molecular weight excluding hydrogens is 292 g/mol. The second kappa shape index (κ2) is 8.53.